The first-order chi connectivity index (χ1) is 15.3. The number of fused-ring (bicyclic) bond motifs is 4. The van der Waals surface area contributed by atoms with Crippen LogP contribution in [0.15, 0.2) is 12.2 Å². The molecule has 5 saturated carbocycles. The van der Waals surface area contributed by atoms with Gasteiger partial charge in [-0.1, -0.05) is 53.7 Å². The maximum atomic E-state index is 13.7. The molecule has 6 fully saturated rings. The van der Waals surface area contributed by atoms with E-state index in [-0.39, 0.29) is 44.7 Å². The first-order valence-corrected chi connectivity index (χ1v) is 13.9. The number of aliphatic hydroxyl groups excluding tert-OH is 1. The van der Waals surface area contributed by atoms with Gasteiger partial charge in [0.1, 0.15) is 5.60 Å². The fraction of sp³-hybridized carbons (Fsp3) is 0.900. The minimum Gasteiger partial charge on any atom is -0.458 e. The Labute approximate surface area is 201 Å². The van der Waals surface area contributed by atoms with Crippen molar-refractivity contribution >= 4 is 5.97 Å². The predicted octanol–water partition coefficient (Wildman–Crippen LogP) is 6.68. The molecule has 3 heteroatoms. The minimum atomic E-state index is -0.330. The second-order valence-corrected chi connectivity index (χ2v) is 14.7. The van der Waals surface area contributed by atoms with Crippen molar-refractivity contribution in [2.75, 3.05) is 0 Å². The molecule has 0 aromatic rings. The number of carbonyl (C=O) groups is 1. The average Bonchev–Trinajstić information content (AvgIpc) is 2.95. The highest BCUT2D eigenvalue weighted by Gasteiger charge is 2.81. The molecular weight excluding hydrogens is 408 g/mol. The van der Waals surface area contributed by atoms with E-state index in [1.165, 1.54) is 18.4 Å². The van der Waals surface area contributed by atoms with Crippen molar-refractivity contribution in [3.8, 4) is 0 Å². The molecule has 6 aliphatic rings. The van der Waals surface area contributed by atoms with Crippen LogP contribution < -0.4 is 0 Å². The van der Waals surface area contributed by atoms with Crippen LogP contribution in [0.5, 0.6) is 0 Å². The maximum absolute atomic E-state index is 13.7. The highest BCUT2D eigenvalue weighted by molar-refractivity contribution is 5.82. The smallest absolute Gasteiger partial charge is 0.313 e. The van der Waals surface area contributed by atoms with E-state index < -0.39 is 0 Å². The molecule has 0 aromatic carbocycles. The van der Waals surface area contributed by atoms with E-state index in [2.05, 4.69) is 48.1 Å². The van der Waals surface area contributed by atoms with Gasteiger partial charge in [0.2, 0.25) is 0 Å². The highest BCUT2D eigenvalue weighted by Crippen LogP contribution is 2.80. The normalized spacial score (nSPS) is 59.1. The average molecular weight is 455 g/mol. The van der Waals surface area contributed by atoms with E-state index in [0.29, 0.717) is 23.7 Å². The molecule has 10 atom stereocenters. The second kappa shape index (κ2) is 6.29. The van der Waals surface area contributed by atoms with Gasteiger partial charge in [-0.15, -0.1) is 0 Å². The van der Waals surface area contributed by atoms with Crippen LogP contribution in [0.4, 0.5) is 0 Å². The molecule has 1 saturated heterocycles. The van der Waals surface area contributed by atoms with E-state index in [9.17, 15) is 9.90 Å². The van der Waals surface area contributed by atoms with E-state index in [0.717, 1.165) is 51.4 Å². The van der Waals surface area contributed by atoms with Gasteiger partial charge in [0.15, 0.2) is 0 Å². The fourth-order valence-electron chi connectivity index (χ4n) is 11.9. The van der Waals surface area contributed by atoms with Crippen LogP contribution in [0.1, 0.15) is 106 Å². The molecule has 0 aromatic heterocycles. The summed E-state index contributed by atoms with van der Waals surface area (Å²) in [5.74, 6) is 1.97. The van der Waals surface area contributed by atoms with Crippen molar-refractivity contribution in [3.63, 3.8) is 0 Å². The number of allylic oxidation sites excluding steroid dienone is 1. The zero-order chi connectivity index (χ0) is 23.8. The van der Waals surface area contributed by atoms with E-state index in [1.807, 2.05) is 0 Å². The third kappa shape index (κ3) is 2.23. The lowest BCUT2D eigenvalue weighted by Crippen LogP contribution is -2.72. The monoisotopic (exact) mass is 454 g/mol. The molecule has 2 bridgehead atoms. The van der Waals surface area contributed by atoms with Crippen LogP contribution in [-0.2, 0) is 9.53 Å². The van der Waals surface area contributed by atoms with Crippen LogP contribution in [0.25, 0.3) is 0 Å². The summed E-state index contributed by atoms with van der Waals surface area (Å²) in [5, 5.41) is 10.9. The number of rotatable bonds is 0. The summed E-state index contributed by atoms with van der Waals surface area (Å²) in [6.07, 6.45) is 10.5. The van der Waals surface area contributed by atoms with E-state index in [4.69, 9.17) is 4.74 Å². The number of carbonyl (C=O) groups excluding carboxylic acids is 1. The number of hydrogen-bond donors (Lipinski definition) is 1. The van der Waals surface area contributed by atoms with Gasteiger partial charge in [0.25, 0.3) is 0 Å². The number of aliphatic hydroxyl groups is 1. The van der Waals surface area contributed by atoms with Gasteiger partial charge in [-0.2, -0.15) is 0 Å². The Morgan fingerprint density at radius 1 is 0.909 bits per heavy atom. The largest absolute Gasteiger partial charge is 0.458 e. The molecule has 1 N–H and O–H groups in total. The van der Waals surface area contributed by atoms with Crippen molar-refractivity contribution in [2.45, 2.75) is 117 Å². The van der Waals surface area contributed by atoms with Crippen LogP contribution in [-0.4, -0.2) is 22.8 Å². The number of hydrogen-bond acceptors (Lipinski definition) is 3. The van der Waals surface area contributed by atoms with Gasteiger partial charge < -0.3 is 9.84 Å². The Kier molecular flexibility index (Phi) is 4.31. The van der Waals surface area contributed by atoms with Crippen LogP contribution in [0.3, 0.4) is 0 Å². The summed E-state index contributed by atoms with van der Waals surface area (Å²) in [7, 11) is 0. The molecule has 3 nitrogen and oxygen atoms in total. The fourth-order valence-corrected chi connectivity index (χ4v) is 11.9. The maximum Gasteiger partial charge on any atom is 0.313 e. The predicted molar refractivity (Wildman–Crippen MR) is 130 cm³/mol. The first-order valence-electron chi connectivity index (χ1n) is 13.9. The molecular formula is C30H46O3. The second-order valence-electron chi connectivity index (χ2n) is 14.7. The summed E-state index contributed by atoms with van der Waals surface area (Å²) in [6, 6.07) is 0. The Morgan fingerprint density at radius 2 is 1.61 bits per heavy atom. The molecule has 0 radical (unpaired) electrons. The molecule has 0 unspecified atom stereocenters. The van der Waals surface area contributed by atoms with Crippen LogP contribution in [0.2, 0.25) is 0 Å². The van der Waals surface area contributed by atoms with Crippen molar-refractivity contribution < 1.29 is 14.6 Å². The lowest BCUT2D eigenvalue weighted by atomic mass is 9.30. The SMILES string of the molecule is C=C1CC[C@@]23CC[C@]4(C)[C@@](CC[C@@H]5[C@@]6(C)CC[C@H](O)C(C)(C)[C@@H]6CC[C@]54C)(OC2=O)[C@@H]3[C@@H]1C. The highest BCUT2D eigenvalue weighted by atomic mass is 16.6. The van der Waals surface area contributed by atoms with Gasteiger partial charge in [-0.25, -0.2) is 0 Å². The van der Waals surface area contributed by atoms with Crippen LogP contribution in [0, 0.1) is 50.7 Å². The molecule has 0 amide bonds. The quantitative estimate of drug-likeness (QED) is 0.328. The summed E-state index contributed by atoms with van der Waals surface area (Å²) >= 11 is 0. The third-order valence-corrected chi connectivity index (χ3v) is 13.9. The Bertz CT molecular complexity index is 922. The molecule has 6 rings (SSSR count). The van der Waals surface area contributed by atoms with Crippen molar-refractivity contribution in [3.05, 3.63) is 12.2 Å². The Balaban J connectivity index is 1.47. The van der Waals surface area contributed by atoms with E-state index in [1.54, 1.807) is 0 Å². The zero-order valence-corrected chi connectivity index (χ0v) is 21.9. The van der Waals surface area contributed by atoms with Gasteiger partial charge >= 0.3 is 5.97 Å². The molecule has 1 spiro atoms. The summed E-state index contributed by atoms with van der Waals surface area (Å²) < 4.78 is 6.76. The number of ether oxygens (including phenoxy) is 1. The Hall–Kier alpha value is -0.830. The molecule has 184 valence electrons. The standard InChI is InChI=1S/C30H46O3/c1-18-8-14-29-17-16-28(7)27(6)13-9-20-25(3,4)22(31)11-12-26(20,5)21(27)10-15-30(28,33-24(29)32)23(29)19(18)2/h19-23,31H,1,8-17H2,2-7H3/t19-,20+,21-,22+,23-,26+,27-,28+,29+,30+/m1/s1. The van der Waals surface area contributed by atoms with Crippen LogP contribution >= 0.6 is 0 Å². The topological polar surface area (TPSA) is 46.5 Å². The molecule has 5 aliphatic carbocycles. The van der Waals surface area contributed by atoms with Crippen molar-refractivity contribution in [1.82, 2.24) is 0 Å². The lowest BCUT2D eigenvalue weighted by molar-refractivity contribution is -0.285. The van der Waals surface area contributed by atoms with Gasteiger partial charge in [0.05, 0.1) is 11.5 Å². The third-order valence-electron chi connectivity index (χ3n) is 13.9. The summed E-state index contributed by atoms with van der Waals surface area (Å²) in [5.41, 5.74) is 1.13. The molecule has 1 aliphatic heterocycles. The molecule has 1 heterocycles. The lowest BCUT2D eigenvalue weighted by Gasteiger charge is -2.74. The first kappa shape index (κ1) is 22.6. The van der Waals surface area contributed by atoms with Crippen molar-refractivity contribution in [2.24, 2.45) is 50.7 Å². The van der Waals surface area contributed by atoms with Gasteiger partial charge in [0, 0.05) is 11.3 Å². The van der Waals surface area contributed by atoms with Gasteiger partial charge in [-0.3, -0.25) is 4.79 Å². The summed E-state index contributed by atoms with van der Waals surface area (Å²) in [4.78, 5) is 13.7. The zero-order valence-electron chi connectivity index (χ0n) is 21.9. The summed E-state index contributed by atoms with van der Waals surface area (Å²) in [6.45, 7) is 19.1. The van der Waals surface area contributed by atoms with Crippen molar-refractivity contribution in [1.29, 1.82) is 0 Å². The van der Waals surface area contributed by atoms with E-state index >= 15 is 0 Å². The van der Waals surface area contributed by atoms with Gasteiger partial charge in [-0.05, 0) is 98.2 Å². The number of esters is 1. The Morgan fingerprint density at radius 3 is 2.33 bits per heavy atom. The molecule has 33 heavy (non-hydrogen) atoms. The minimum absolute atomic E-state index is 0.00328.